The van der Waals surface area contributed by atoms with Gasteiger partial charge in [0.25, 0.3) is 0 Å². The summed E-state index contributed by atoms with van der Waals surface area (Å²) in [6.07, 6.45) is 3.36. The second-order valence-electron chi connectivity index (χ2n) is 5.26. The lowest BCUT2D eigenvalue weighted by Crippen LogP contribution is -2.50. The van der Waals surface area contributed by atoms with Crippen LogP contribution in [0.5, 0.6) is 0 Å². The van der Waals surface area contributed by atoms with Gasteiger partial charge in [0.2, 0.25) is 5.91 Å². The number of carbonyl (C=O) groups is 1. The van der Waals surface area contributed by atoms with Gasteiger partial charge in [0.1, 0.15) is 6.04 Å². The van der Waals surface area contributed by atoms with Gasteiger partial charge in [0.15, 0.2) is 0 Å². The van der Waals surface area contributed by atoms with E-state index in [2.05, 4.69) is 13.8 Å². The third kappa shape index (κ3) is 2.56. The van der Waals surface area contributed by atoms with E-state index in [1.165, 1.54) is 6.42 Å². The van der Waals surface area contributed by atoms with Gasteiger partial charge in [-0.15, -0.1) is 0 Å². The van der Waals surface area contributed by atoms with Crippen molar-refractivity contribution in [3.63, 3.8) is 0 Å². The molecule has 0 aromatic heterocycles. The number of piperidine rings is 1. The second-order valence-corrected chi connectivity index (χ2v) is 5.26. The molecule has 1 saturated heterocycles. The summed E-state index contributed by atoms with van der Waals surface area (Å²) in [5, 5.41) is 0. The van der Waals surface area contributed by atoms with E-state index in [4.69, 9.17) is 5.73 Å². The van der Waals surface area contributed by atoms with Crippen molar-refractivity contribution in [1.29, 1.82) is 0 Å². The van der Waals surface area contributed by atoms with E-state index in [0.29, 0.717) is 12.1 Å². The minimum Gasteiger partial charge on any atom is -0.336 e. The number of likely N-dealkylation sites (tertiary alicyclic amines) is 1. The molecule has 1 heterocycles. The predicted octanol–water partition coefficient (Wildman–Crippen LogP) is 2.48. The smallest absolute Gasteiger partial charge is 0.244 e. The zero-order valence-corrected chi connectivity index (χ0v) is 11.2. The molecule has 1 aliphatic heterocycles. The Balaban J connectivity index is 2.15. The molecule has 98 valence electrons. The number of hydrogen-bond donors (Lipinski definition) is 1. The van der Waals surface area contributed by atoms with Crippen LogP contribution < -0.4 is 5.73 Å². The van der Waals surface area contributed by atoms with Crippen LogP contribution in [0.25, 0.3) is 0 Å². The molecule has 1 amide bonds. The maximum atomic E-state index is 12.5. The maximum Gasteiger partial charge on any atom is 0.244 e. The number of hydrogen-bond acceptors (Lipinski definition) is 2. The van der Waals surface area contributed by atoms with Crippen molar-refractivity contribution in [2.45, 2.75) is 51.2 Å². The van der Waals surface area contributed by atoms with E-state index in [0.717, 1.165) is 18.4 Å². The molecule has 1 aliphatic rings. The summed E-state index contributed by atoms with van der Waals surface area (Å²) in [5.41, 5.74) is 7.00. The lowest BCUT2D eigenvalue weighted by atomic mass is 9.95. The molecule has 1 aromatic rings. The maximum absolute atomic E-state index is 12.5. The number of nitrogens with zero attached hydrogens (tertiary/aromatic N) is 1. The van der Waals surface area contributed by atoms with Crippen LogP contribution in [0.2, 0.25) is 0 Å². The molecule has 3 heteroatoms. The molecule has 0 unspecified atom stereocenters. The molecule has 2 rings (SSSR count). The van der Waals surface area contributed by atoms with Crippen molar-refractivity contribution in [1.82, 2.24) is 4.90 Å². The van der Waals surface area contributed by atoms with Crippen molar-refractivity contribution in [2.75, 3.05) is 0 Å². The van der Waals surface area contributed by atoms with Gasteiger partial charge in [-0.2, -0.15) is 0 Å². The van der Waals surface area contributed by atoms with Crippen LogP contribution in [0.15, 0.2) is 30.3 Å². The quantitative estimate of drug-likeness (QED) is 0.871. The van der Waals surface area contributed by atoms with E-state index in [-0.39, 0.29) is 5.91 Å². The number of benzene rings is 1. The fourth-order valence-corrected chi connectivity index (χ4v) is 2.82. The minimum atomic E-state index is -0.533. The first kappa shape index (κ1) is 13.1. The van der Waals surface area contributed by atoms with Gasteiger partial charge in [-0.1, -0.05) is 30.3 Å². The lowest BCUT2D eigenvalue weighted by Gasteiger charge is -2.40. The molecule has 0 bridgehead atoms. The molecule has 3 nitrogen and oxygen atoms in total. The Hall–Kier alpha value is -1.35. The zero-order valence-electron chi connectivity index (χ0n) is 11.2. The molecule has 1 aromatic carbocycles. The molecule has 3 atom stereocenters. The highest BCUT2D eigenvalue weighted by molar-refractivity contribution is 5.83. The van der Waals surface area contributed by atoms with Crippen molar-refractivity contribution < 1.29 is 4.79 Å². The van der Waals surface area contributed by atoms with Crippen molar-refractivity contribution >= 4 is 5.91 Å². The summed E-state index contributed by atoms with van der Waals surface area (Å²) in [6.45, 7) is 4.23. The normalized spacial score (nSPS) is 25.8. The fourth-order valence-electron chi connectivity index (χ4n) is 2.82. The first-order chi connectivity index (χ1) is 8.61. The molecule has 1 fully saturated rings. The second kappa shape index (κ2) is 5.53. The van der Waals surface area contributed by atoms with Crippen LogP contribution in [0.3, 0.4) is 0 Å². The summed E-state index contributed by atoms with van der Waals surface area (Å²) in [6, 6.07) is 9.69. The summed E-state index contributed by atoms with van der Waals surface area (Å²) >= 11 is 0. The topological polar surface area (TPSA) is 46.3 Å². The minimum absolute atomic E-state index is 0.0564. The highest BCUT2D eigenvalue weighted by Crippen LogP contribution is 2.25. The lowest BCUT2D eigenvalue weighted by molar-refractivity contribution is -0.138. The van der Waals surface area contributed by atoms with E-state index in [1.54, 1.807) is 0 Å². The molecule has 0 spiro atoms. The van der Waals surface area contributed by atoms with Crippen LogP contribution in [0, 0.1) is 0 Å². The Morgan fingerprint density at radius 1 is 1.22 bits per heavy atom. The Kier molecular flexibility index (Phi) is 4.02. The van der Waals surface area contributed by atoms with Crippen LogP contribution in [0.4, 0.5) is 0 Å². The number of rotatable bonds is 2. The van der Waals surface area contributed by atoms with Crippen LogP contribution in [-0.2, 0) is 4.79 Å². The van der Waals surface area contributed by atoms with Crippen molar-refractivity contribution in [2.24, 2.45) is 5.73 Å². The van der Waals surface area contributed by atoms with Gasteiger partial charge in [0.05, 0.1) is 0 Å². The average Bonchev–Trinajstić information content (AvgIpc) is 2.38. The third-order valence-corrected chi connectivity index (χ3v) is 3.87. The highest BCUT2D eigenvalue weighted by atomic mass is 16.2. The monoisotopic (exact) mass is 246 g/mol. The SMILES string of the molecule is C[C@@H]1CCC[C@H](C)N1C(=O)[C@@H](N)c1ccccc1. The molecule has 0 radical (unpaired) electrons. The summed E-state index contributed by atoms with van der Waals surface area (Å²) in [7, 11) is 0. The number of carbonyl (C=O) groups excluding carboxylic acids is 1. The van der Waals surface area contributed by atoms with Gasteiger partial charge >= 0.3 is 0 Å². The molecule has 2 N–H and O–H groups in total. The van der Waals surface area contributed by atoms with E-state index >= 15 is 0 Å². The number of nitrogens with two attached hydrogens (primary N) is 1. The standard InChI is InChI=1S/C15H22N2O/c1-11-7-6-8-12(2)17(11)15(18)14(16)13-9-4-3-5-10-13/h3-5,9-12,14H,6-8,16H2,1-2H3/t11-,12+,14-/m0/s1. The fraction of sp³-hybridized carbons (Fsp3) is 0.533. The van der Waals surface area contributed by atoms with E-state index < -0.39 is 6.04 Å². The summed E-state index contributed by atoms with van der Waals surface area (Å²) in [5.74, 6) is 0.0564. The Labute approximate surface area is 109 Å². The van der Waals surface area contributed by atoms with E-state index in [1.807, 2.05) is 35.2 Å². The molecule has 18 heavy (non-hydrogen) atoms. The van der Waals surface area contributed by atoms with E-state index in [9.17, 15) is 4.79 Å². The molecular weight excluding hydrogens is 224 g/mol. The summed E-state index contributed by atoms with van der Waals surface area (Å²) in [4.78, 5) is 14.5. The van der Waals surface area contributed by atoms with Crippen molar-refractivity contribution in [3.8, 4) is 0 Å². The van der Waals surface area contributed by atoms with Gasteiger partial charge in [-0.25, -0.2) is 0 Å². The highest BCUT2D eigenvalue weighted by Gasteiger charge is 2.32. The largest absolute Gasteiger partial charge is 0.336 e. The average molecular weight is 246 g/mol. The molecule has 0 saturated carbocycles. The van der Waals surface area contributed by atoms with Gasteiger partial charge in [-0.05, 0) is 38.7 Å². The van der Waals surface area contributed by atoms with Crippen molar-refractivity contribution in [3.05, 3.63) is 35.9 Å². The van der Waals surface area contributed by atoms with Crippen LogP contribution in [-0.4, -0.2) is 22.9 Å². The first-order valence-electron chi connectivity index (χ1n) is 6.74. The Bertz CT molecular complexity index is 394. The third-order valence-electron chi connectivity index (χ3n) is 3.87. The Morgan fingerprint density at radius 3 is 2.33 bits per heavy atom. The van der Waals surface area contributed by atoms with Crippen LogP contribution >= 0.6 is 0 Å². The van der Waals surface area contributed by atoms with Gasteiger partial charge in [-0.3, -0.25) is 4.79 Å². The molecule has 0 aliphatic carbocycles. The summed E-state index contributed by atoms with van der Waals surface area (Å²) < 4.78 is 0. The number of amides is 1. The van der Waals surface area contributed by atoms with Gasteiger partial charge < -0.3 is 10.6 Å². The molecular formula is C15H22N2O. The Morgan fingerprint density at radius 2 is 1.78 bits per heavy atom. The van der Waals surface area contributed by atoms with Crippen LogP contribution in [0.1, 0.15) is 44.7 Å². The van der Waals surface area contributed by atoms with Gasteiger partial charge in [0, 0.05) is 12.1 Å². The predicted molar refractivity (Wildman–Crippen MR) is 73.0 cm³/mol. The zero-order chi connectivity index (χ0) is 13.1. The first-order valence-corrected chi connectivity index (χ1v) is 6.74.